The maximum atomic E-state index is 12.6. The summed E-state index contributed by atoms with van der Waals surface area (Å²) in [5.74, 6) is 2.11. The van der Waals surface area contributed by atoms with Crippen molar-refractivity contribution in [3.63, 3.8) is 0 Å². The van der Waals surface area contributed by atoms with Gasteiger partial charge in [0.2, 0.25) is 5.91 Å². The van der Waals surface area contributed by atoms with E-state index in [4.69, 9.17) is 4.74 Å². The van der Waals surface area contributed by atoms with Crippen LogP contribution in [0.4, 0.5) is 4.79 Å². The first-order valence-electron chi connectivity index (χ1n) is 12.0. The minimum Gasteiger partial charge on any atom is -0.445 e. The third kappa shape index (κ3) is 6.24. The van der Waals surface area contributed by atoms with Crippen LogP contribution in [0.25, 0.3) is 0 Å². The molecule has 1 atom stereocenters. The van der Waals surface area contributed by atoms with E-state index in [1.807, 2.05) is 47.2 Å². The average molecular weight is 429 g/mol. The maximum Gasteiger partial charge on any atom is 0.410 e. The van der Waals surface area contributed by atoms with Gasteiger partial charge in [-0.25, -0.2) is 4.79 Å². The number of piperidine rings is 1. The highest BCUT2D eigenvalue weighted by molar-refractivity contribution is 5.73. The molecule has 0 bridgehead atoms. The first kappa shape index (κ1) is 23.6. The Hall–Kier alpha value is -2.04. The normalized spacial score (nSPS) is 19.3. The fourth-order valence-electron chi connectivity index (χ4n) is 5.56. The second kappa shape index (κ2) is 10.5. The molecule has 0 N–H and O–H groups in total. The molecule has 2 amide bonds. The minimum absolute atomic E-state index is 0.131. The van der Waals surface area contributed by atoms with Crippen LogP contribution in [0.2, 0.25) is 0 Å². The summed E-state index contributed by atoms with van der Waals surface area (Å²) in [7, 11) is 1.93. The molecule has 5 heteroatoms. The van der Waals surface area contributed by atoms with E-state index >= 15 is 0 Å². The Morgan fingerprint density at radius 2 is 1.65 bits per heavy atom. The highest BCUT2D eigenvalue weighted by atomic mass is 16.6. The summed E-state index contributed by atoms with van der Waals surface area (Å²) in [5, 5.41) is 0. The van der Waals surface area contributed by atoms with Crippen LogP contribution in [0.1, 0.15) is 71.3 Å². The Labute approximate surface area is 188 Å². The van der Waals surface area contributed by atoms with E-state index in [9.17, 15) is 9.59 Å². The lowest BCUT2D eigenvalue weighted by Crippen LogP contribution is -2.48. The number of ether oxygens (including phenoxy) is 1. The second-order valence-corrected chi connectivity index (χ2v) is 10.2. The standard InChI is InChI=1S/C26H40N2O3/c1-20(29)27(4)26(2,3)18-24(22-12-8-9-13-22)23-14-16-28(17-15-23)25(30)31-19-21-10-6-5-7-11-21/h5-7,10-11,22-24H,8-9,12-19H2,1-4H3. The molecule has 1 unspecified atom stereocenters. The lowest BCUT2D eigenvalue weighted by Gasteiger charge is -2.44. The van der Waals surface area contributed by atoms with Gasteiger partial charge in [-0.2, -0.15) is 0 Å². The fraction of sp³-hybridized carbons (Fsp3) is 0.692. The van der Waals surface area contributed by atoms with Crippen LogP contribution in [0, 0.1) is 17.8 Å². The van der Waals surface area contributed by atoms with Crippen LogP contribution >= 0.6 is 0 Å². The molecule has 172 valence electrons. The summed E-state index contributed by atoms with van der Waals surface area (Å²) >= 11 is 0. The summed E-state index contributed by atoms with van der Waals surface area (Å²) in [6, 6.07) is 9.84. The molecule has 1 saturated carbocycles. The van der Waals surface area contributed by atoms with Gasteiger partial charge in [0.05, 0.1) is 0 Å². The van der Waals surface area contributed by atoms with E-state index < -0.39 is 0 Å². The van der Waals surface area contributed by atoms with Gasteiger partial charge in [-0.1, -0.05) is 56.0 Å². The summed E-state index contributed by atoms with van der Waals surface area (Å²) < 4.78 is 5.54. The van der Waals surface area contributed by atoms with Gasteiger partial charge in [-0.3, -0.25) is 4.79 Å². The Morgan fingerprint density at radius 1 is 1.06 bits per heavy atom. The first-order valence-corrected chi connectivity index (χ1v) is 12.0. The topological polar surface area (TPSA) is 49.9 Å². The molecule has 1 heterocycles. The second-order valence-electron chi connectivity index (χ2n) is 10.2. The molecule has 2 aliphatic rings. The first-order chi connectivity index (χ1) is 14.8. The zero-order chi connectivity index (χ0) is 22.4. The van der Waals surface area contributed by atoms with Crippen LogP contribution < -0.4 is 0 Å². The van der Waals surface area contributed by atoms with Crippen LogP contribution in [0.5, 0.6) is 0 Å². The van der Waals surface area contributed by atoms with Crippen molar-refractivity contribution in [2.45, 2.75) is 77.9 Å². The molecule has 1 aliphatic carbocycles. The predicted octanol–water partition coefficient (Wildman–Crippen LogP) is 5.49. The van der Waals surface area contributed by atoms with Crippen LogP contribution in [0.3, 0.4) is 0 Å². The van der Waals surface area contributed by atoms with Crippen molar-refractivity contribution < 1.29 is 14.3 Å². The molecule has 5 nitrogen and oxygen atoms in total. The van der Waals surface area contributed by atoms with Crippen molar-refractivity contribution in [3.05, 3.63) is 35.9 Å². The number of likely N-dealkylation sites (tertiary alicyclic amines) is 1. The van der Waals surface area contributed by atoms with Crippen molar-refractivity contribution in [3.8, 4) is 0 Å². The molecule has 31 heavy (non-hydrogen) atoms. The monoisotopic (exact) mass is 428 g/mol. The maximum absolute atomic E-state index is 12.6. The van der Waals surface area contributed by atoms with E-state index in [-0.39, 0.29) is 17.5 Å². The Morgan fingerprint density at radius 3 is 2.23 bits per heavy atom. The van der Waals surface area contributed by atoms with Crippen molar-refractivity contribution in [1.82, 2.24) is 9.80 Å². The smallest absolute Gasteiger partial charge is 0.410 e. The number of amides is 2. The van der Waals surface area contributed by atoms with Gasteiger partial charge in [-0.05, 0) is 56.4 Å². The lowest BCUT2D eigenvalue weighted by atomic mass is 9.70. The third-order valence-electron chi connectivity index (χ3n) is 7.73. The Bertz CT molecular complexity index is 719. The van der Waals surface area contributed by atoms with E-state index in [0.717, 1.165) is 43.8 Å². The highest BCUT2D eigenvalue weighted by Gasteiger charge is 2.39. The van der Waals surface area contributed by atoms with Crippen LogP contribution in [0.15, 0.2) is 30.3 Å². The lowest BCUT2D eigenvalue weighted by molar-refractivity contribution is -0.133. The van der Waals surface area contributed by atoms with Crippen LogP contribution in [-0.2, 0) is 16.1 Å². The number of carbonyl (C=O) groups excluding carboxylic acids is 2. The van der Waals surface area contributed by atoms with Gasteiger partial charge in [0, 0.05) is 32.6 Å². The number of nitrogens with zero attached hydrogens (tertiary/aromatic N) is 2. The van der Waals surface area contributed by atoms with E-state index in [1.165, 1.54) is 25.7 Å². The number of benzene rings is 1. The van der Waals surface area contributed by atoms with E-state index in [0.29, 0.717) is 18.4 Å². The summed E-state index contributed by atoms with van der Waals surface area (Å²) in [4.78, 5) is 28.4. The SMILES string of the molecule is CC(=O)N(C)C(C)(C)CC(C1CCCC1)C1CCN(C(=O)OCc2ccccc2)CC1. The Balaban J connectivity index is 1.57. The zero-order valence-electron chi connectivity index (χ0n) is 19.8. The molecule has 1 saturated heterocycles. The van der Waals surface area contributed by atoms with Gasteiger partial charge in [0.15, 0.2) is 0 Å². The van der Waals surface area contributed by atoms with E-state index in [2.05, 4.69) is 13.8 Å². The number of hydrogen-bond acceptors (Lipinski definition) is 3. The predicted molar refractivity (Wildman–Crippen MR) is 124 cm³/mol. The number of carbonyl (C=O) groups is 2. The Kier molecular flexibility index (Phi) is 8.01. The van der Waals surface area contributed by atoms with Gasteiger partial charge in [0.1, 0.15) is 6.61 Å². The van der Waals surface area contributed by atoms with E-state index in [1.54, 1.807) is 6.92 Å². The third-order valence-corrected chi connectivity index (χ3v) is 7.73. The van der Waals surface area contributed by atoms with Crippen molar-refractivity contribution >= 4 is 12.0 Å². The number of rotatable bonds is 7. The van der Waals surface area contributed by atoms with Crippen LogP contribution in [-0.4, -0.2) is 47.5 Å². The molecule has 1 aromatic carbocycles. The quantitative estimate of drug-likeness (QED) is 0.577. The molecular weight excluding hydrogens is 388 g/mol. The van der Waals surface area contributed by atoms with Crippen molar-refractivity contribution in [2.75, 3.05) is 20.1 Å². The largest absolute Gasteiger partial charge is 0.445 e. The van der Waals surface area contributed by atoms with Crippen molar-refractivity contribution in [1.29, 1.82) is 0 Å². The minimum atomic E-state index is -0.198. The summed E-state index contributed by atoms with van der Waals surface area (Å²) in [5.41, 5.74) is 0.869. The van der Waals surface area contributed by atoms with Gasteiger partial charge >= 0.3 is 6.09 Å². The molecule has 0 spiro atoms. The molecule has 0 aromatic heterocycles. The van der Waals surface area contributed by atoms with Gasteiger partial charge in [-0.15, -0.1) is 0 Å². The highest BCUT2D eigenvalue weighted by Crippen LogP contribution is 2.43. The molecule has 0 radical (unpaired) electrons. The molecule has 1 aromatic rings. The fourth-order valence-corrected chi connectivity index (χ4v) is 5.56. The van der Waals surface area contributed by atoms with Crippen molar-refractivity contribution in [2.24, 2.45) is 17.8 Å². The summed E-state index contributed by atoms with van der Waals surface area (Å²) in [6.07, 6.45) is 8.17. The zero-order valence-corrected chi connectivity index (χ0v) is 19.8. The van der Waals surface area contributed by atoms with Gasteiger partial charge in [0.25, 0.3) is 0 Å². The molecule has 2 fully saturated rings. The van der Waals surface area contributed by atoms with Gasteiger partial charge < -0.3 is 14.5 Å². The summed E-state index contributed by atoms with van der Waals surface area (Å²) in [6.45, 7) is 7.93. The molecule has 3 rings (SSSR count). The number of hydrogen-bond donors (Lipinski definition) is 0. The molecule has 1 aliphatic heterocycles. The average Bonchev–Trinajstić information content (AvgIpc) is 3.31. The molecular formula is C26H40N2O3.